The summed E-state index contributed by atoms with van der Waals surface area (Å²) in [5, 5.41) is 16.6. The predicted molar refractivity (Wildman–Crippen MR) is 103 cm³/mol. The van der Waals surface area contributed by atoms with E-state index >= 15 is 0 Å². The van der Waals surface area contributed by atoms with Crippen molar-refractivity contribution in [3.63, 3.8) is 0 Å². The quantitative estimate of drug-likeness (QED) is 0.642. The van der Waals surface area contributed by atoms with Crippen LogP contribution >= 0.6 is 11.3 Å². The number of aryl methyl sites for hydroxylation is 1. The van der Waals surface area contributed by atoms with Gasteiger partial charge < -0.3 is 15.7 Å². The van der Waals surface area contributed by atoms with Crippen LogP contribution < -0.4 is 10.6 Å². The molecular weight excluding hydrogens is 366 g/mol. The van der Waals surface area contributed by atoms with Crippen LogP contribution in [0.2, 0.25) is 0 Å². The summed E-state index contributed by atoms with van der Waals surface area (Å²) in [7, 11) is 0. The van der Waals surface area contributed by atoms with Gasteiger partial charge in [0.1, 0.15) is 6.04 Å². The summed E-state index contributed by atoms with van der Waals surface area (Å²) >= 11 is 1.24. The molecule has 27 heavy (non-hydrogen) atoms. The van der Waals surface area contributed by atoms with E-state index in [0.717, 1.165) is 5.56 Å². The van der Waals surface area contributed by atoms with Crippen molar-refractivity contribution in [3.05, 3.63) is 51.5 Å². The summed E-state index contributed by atoms with van der Waals surface area (Å²) in [6.07, 6.45) is 0.431. The maximum atomic E-state index is 12.5. The molecule has 1 unspecified atom stereocenters. The molecule has 1 aromatic carbocycles. The lowest BCUT2D eigenvalue weighted by atomic mass is 10.0. The standard InChI is InChI=1S/C19H23N3O4S/c1-11(2)16(22-17(23)13-7-5-4-6-12(13)3)18(24)20-9-8-15-21-14(10-27-15)19(25)26/h4-7,10-11,16H,8-9H2,1-3H3,(H,20,24)(H,22,23)(H,25,26). The van der Waals surface area contributed by atoms with Crippen LogP contribution in [0.15, 0.2) is 29.6 Å². The summed E-state index contributed by atoms with van der Waals surface area (Å²) in [6.45, 7) is 5.89. The van der Waals surface area contributed by atoms with Crippen LogP contribution in [0.1, 0.15) is 45.3 Å². The molecule has 0 spiro atoms. The third-order valence-corrected chi connectivity index (χ3v) is 4.94. The third kappa shape index (κ3) is 5.62. The SMILES string of the molecule is Cc1ccccc1C(=O)NC(C(=O)NCCc1nc(C(=O)O)cs1)C(C)C. The van der Waals surface area contributed by atoms with Crippen molar-refractivity contribution in [3.8, 4) is 0 Å². The Bertz CT molecular complexity index is 832. The number of carboxylic acid groups (broad SMARTS) is 1. The molecule has 0 fully saturated rings. The molecule has 0 saturated heterocycles. The van der Waals surface area contributed by atoms with Crippen molar-refractivity contribution < 1.29 is 19.5 Å². The molecule has 2 aromatic rings. The molecule has 2 rings (SSSR count). The van der Waals surface area contributed by atoms with Crippen LogP contribution in [0, 0.1) is 12.8 Å². The van der Waals surface area contributed by atoms with Gasteiger partial charge in [-0.2, -0.15) is 0 Å². The molecule has 0 saturated carbocycles. The second-order valence-corrected chi connectivity index (χ2v) is 7.43. The van der Waals surface area contributed by atoms with Crippen molar-refractivity contribution in [1.82, 2.24) is 15.6 Å². The Morgan fingerprint density at radius 3 is 2.52 bits per heavy atom. The second-order valence-electron chi connectivity index (χ2n) is 6.48. The Morgan fingerprint density at radius 2 is 1.93 bits per heavy atom. The van der Waals surface area contributed by atoms with Crippen molar-refractivity contribution in [2.24, 2.45) is 5.92 Å². The number of carbonyl (C=O) groups excluding carboxylic acids is 2. The first-order valence-electron chi connectivity index (χ1n) is 8.61. The smallest absolute Gasteiger partial charge is 0.355 e. The normalized spacial score (nSPS) is 11.9. The van der Waals surface area contributed by atoms with Crippen LogP contribution in [-0.2, 0) is 11.2 Å². The first-order valence-corrected chi connectivity index (χ1v) is 9.49. The number of hydrogen-bond donors (Lipinski definition) is 3. The molecular formula is C19H23N3O4S. The minimum absolute atomic E-state index is 0.00637. The number of carboxylic acids is 1. The average Bonchev–Trinajstić information content (AvgIpc) is 3.08. The van der Waals surface area contributed by atoms with E-state index in [4.69, 9.17) is 5.11 Å². The highest BCUT2D eigenvalue weighted by Crippen LogP contribution is 2.11. The molecule has 0 aliphatic carbocycles. The molecule has 0 aliphatic heterocycles. The number of rotatable bonds is 8. The fraction of sp³-hybridized carbons (Fsp3) is 0.368. The van der Waals surface area contributed by atoms with Gasteiger partial charge in [-0.15, -0.1) is 11.3 Å². The van der Waals surface area contributed by atoms with Gasteiger partial charge in [-0.25, -0.2) is 9.78 Å². The Hall–Kier alpha value is -2.74. The molecule has 0 aliphatic rings. The number of aromatic carboxylic acids is 1. The van der Waals surface area contributed by atoms with E-state index in [1.54, 1.807) is 12.1 Å². The minimum Gasteiger partial charge on any atom is -0.476 e. The van der Waals surface area contributed by atoms with Gasteiger partial charge >= 0.3 is 5.97 Å². The van der Waals surface area contributed by atoms with Gasteiger partial charge in [-0.05, 0) is 24.5 Å². The highest BCUT2D eigenvalue weighted by atomic mass is 32.1. The van der Waals surface area contributed by atoms with E-state index in [1.807, 2.05) is 32.9 Å². The fourth-order valence-corrected chi connectivity index (χ4v) is 3.28. The molecule has 0 bridgehead atoms. The zero-order valence-electron chi connectivity index (χ0n) is 15.5. The third-order valence-electron chi connectivity index (χ3n) is 4.03. The van der Waals surface area contributed by atoms with Crippen LogP contribution in [-0.4, -0.2) is 40.5 Å². The van der Waals surface area contributed by atoms with Gasteiger partial charge in [0, 0.05) is 23.9 Å². The van der Waals surface area contributed by atoms with Gasteiger partial charge in [-0.3, -0.25) is 9.59 Å². The number of benzene rings is 1. The Morgan fingerprint density at radius 1 is 1.22 bits per heavy atom. The maximum absolute atomic E-state index is 12.5. The lowest BCUT2D eigenvalue weighted by Gasteiger charge is -2.22. The average molecular weight is 389 g/mol. The highest BCUT2D eigenvalue weighted by Gasteiger charge is 2.25. The van der Waals surface area contributed by atoms with E-state index in [1.165, 1.54) is 16.7 Å². The van der Waals surface area contributed by atoms with E-state index in [0.29, 0.717) is 23.5 Å². The summed E-state index contributed by atoms with van der Waals surface area (Å²) < 4.78 is 0. The van der Waals surface area contributed by atoms with Gasteiger partial charge in [0.15, 0.2) is 5.69 Å². The Labute approximate surface area is 161 Å². The summed E-state index contributed by atoms with van der Waals surface area (Å²) in [6, 6.07) is 6.54. The molecule has 1 aromatic heterocycles. The minimum atomic E-state index is -1.07. The van der Waals surface area contributed by atoms with Crippen LogP contribution in [0.3, 0.4) is 0 Å². The number of aromatic nitrogens is 1. The zero-order valence-corrected chi connectivity index (χ0v) is 16.3. The Balaban J connectivity index is 1.93. The number of amides is 2. The zero-order chi connectivity index (χ0) is 20.0. The van der Waals surface area contributed by atoms with Crippen molar-refractivity contribution in [1.29, 1.82) is 0 Å². The number of carbonyl (C=O) groups is 3. The molecule has 2 amide bonds. The molecule has 0 radical (unpaired) electrons. The molecule has 1 atom stereocenters. The first-order chi connectivity index (χ1) is 12.8. The number of nitrogens with zero attached hydrogens (tertiary/aromatic N) is 1. The monoisotopic (exact) mass is 389 g/mol. The number of hydrogen-bond acceptors (Lipinski definition) is 5. The first kappa shape index (κ1) is 20.6. The summed E-state index contributed by atoms with van der Waals surface area (Å²) in [4.78, 5) is 39.8. The van der Waals surface area contributed by atoms with Gasteiger partial charge in [0.2, 0.25) is 5.91 Å². The summed E-state index contributed by atoms with van der Waals surface area (Å²) in [5.74, 6) is -1.72. The van der Waals surface area contributed by atoms with Gasteiger partial charge in [-0.1, -0.05) is 32.0 Å². The molecule has 3 N–H and O–H groups in total. The largest absolute Gasteiger partial charge is 0.476 e. The highest BCUT2D eigenvalue weighted by molar-refractivity contribution is 7.09. The summed E-state index contributed by atoms with van der Waals surface area (Å²) in [5.41, 5.74) is 1.39. The van der Waals surface area contributed by atoms with Crippen LogP contribution in [0.5, 0.6) is 0 Å². The predicted octanol–water partition coefficient (Wildman–Crippen LogP) is 2.26. The lowest BCUT2D eigenvalue weighted by molar-refractivity contribution is -0.123. The fourth-order valence-electron chi connectivity index (χ4n) is 2.51. The van der Waals surface area contributed by atoms with E-state index in [9.17, 15) is 14.4 Å². The Kier molecular flexibility index (Phi) is 7.06. The number of nitrogens with one attached hydrogen (secondary N) is 2. The van der Waals surface area contributed by atoms with Crippen LogP contribution in [0.25, 0.3) is 0 Å². The lowest BCUT2D eigenvalue weighted by Crippen LogP contribution is -2.50. The van der Waals surface area contributed by atoms with E-state index < -0.39 is 12.0 Å². The second kappa shape index (κ2) is 9.27. The van der Waals surface area contributed by atoms with Crippen molar-refractivity contribution >= 4 is 29.1 Å². The van der Waals surface area contributed by atoms with Gasteiger partial charge in [0.05, 0.1) is 5.01 Å². The van der Waals surface area contributed by atoms with Gasteiger partial charge in [0.25, 0.3) is 5.91 Å². The molecule has 1 heterocycles. The topological polar surface area (TPSA) is 108 Å². The number of thiazole rings is 1. The van der Waals surface area contributed by atoms with E-state index in [-0.39, 0.29) is 23.4 Å². The van der Waals surface area contributed by atoms with Crippen molar-refractivity contribution in [2.75, 3.05) is 6.54 Å². The molecule has 8 heteroatoms. The maximum Gasteiger partial charge on any atom is 0.355 e. The molecule has 144 valence electrons. The van der Waals surface area contributed by atoms with Crippen molar-refractivity contribution in [2.45, 2.75) is 33.2 Å². The van der Waals surface area contributed by atoms with E-state index in [2.05, 4.69) is 15.6 Å². The molecule has 7 nitrogen and oxygen atoms in total. The van der Waals surface area contributed by atoms with Crippen LogP contribution in [0.4, 0.5) is 0 Å².